The van der Waals surface area contributed by atoms with Crippen LogP contribution in [0.1, 0.15) is 52.0 Å². The molecule has 2 aromatic rings. The van der Waals surface area contributed by atoms with Crippen molar-refractivity contribution in [1.82, 2.24) is 15.6 Å². The third kappa shape index (κ3) is 8.52. The molecule has 2 rings (SSSR count). The Kier molecular flexibility index (Phi) is 8.44. The van der Waals surface area contributed by atoms with E-state index in [9.17, 15) is 9.59 Å². The fourth-order valence-corrected chi connectivity index (χ4v) is 3.16. The maximum Gasteiger partial charge on any atom is 0.407 e. The van der Waals surface area contributed by atoms with Gasteiger partial charge in [-0.2, -0.15) is 0 Å². The Hall–Kier alpha value is -2.41. The van der Waals surface area contributed by atoms with Crippen molar-refractivity contribution in [1.29, 1.82) is 0 Å². The third-order valence-corrected chi connectivity index (χ3v) is 4.69. The van der Waals surface area contributed by atoms with Crippen LogP contribution in [0.5, 0.6) is 0 Å². The number of unbranched alkanes of at least 4 members (excludes halogenated alkanes) is 2. The number of hydrogen-bond donors (Lipinski definition) is 2. The van der Waals surface area contributed by atoms with Gasteiger partial charge in [0.2, 0.25) is 5.91 Å². The van der Waals surface area contributed by atoms with Crippen molar-refractivity contribution in [3.8, 4) is 10.6 Å². The fraction of sp³-hybridized carbons (Fsp3) is 0.476. The molecular formula is C21H29N3O3S. The van der Waals surface area contributed by atoms with Gasteiger partial charge in [-0.1, -0.05) is 30.7 Å². The summed E-state index contributed by atoms with van der Waals surface area (Å²) in [5.74, 6) is 0.0455. The zero-order chi connectivity index (χ0) is 20.4. The number of aromatic nitrogens is 1. The van der Waals surface area contributed by atoms with Crippen molar-refractivity contribution >= 4 is 23.3 Å². The lowest BCUT2D eigenvalue weighted by atomic mass is 10.1. The highest BCUT2D eigenvalue weighted by Gasteiger charge is 2.15. The Morgan fingerprint density at radius 1 is 1.07 bits per heavy atom. The zero-order valence-electron chi connectivity index (χ0n) is 16.8. The second-order valence-corrected chi connectivity index (χ2v) is 8.44. The van der Waals surface area contributed by atoms with Crippen LogP contribution in [-0.2, 0) is 16.1 Å². The SMILES string of the molecule is CC(C)(C)OC(=O)NCCCCCC(=O)NCc1ccc(-c2nccs2)cc1. The molecule has 1 aromatic carbocycles. The summed E-state index contributed by atoms with van der Waals surface area (Å²) in [5.41, 5.74) is 1.67. The van der Waals surface area contributed by atoms with Crippen LogP contribution in [0.2, 0.25) is 0 Å². The highest BCUT2D eigenvalue weighted by Crippen LogP contribution is 2.21. The highest BCUT2D eigenvalue weighted by molar-refractivity contribution is 7.13. The summed E-state index contributed by atoms with van der Waals surface area (Å²) < 4.78 is 5.17. The van der Waals surface area contributed by atoms with E-state index in [0.717, 1.165) is 35.4 Å². The largest absolute Gasteiger partial charge is 0.444 e. The predicted octanol–water partition coefficient (Wildman–Crippen LogP) is 4.51. The zero-order valence-corrected chi connectivity index (χ0v) is 17.6. The molecule has 2 N–H and O–H groups in total. The van der Waals surface area contributed by atoms with Crippen molar-refractivity contribution in [2.75, 3.05) is 6.54 Å². The van der Waals surface area contributed by atoms with E-state index in [4.69, 9.17) is 4.74 Å². The number of rotatable bonds is 9. The van der Waals surface area contributed by atoms with Crippen LogP contribution in [0.15, 0.2) is 35.8 Å². The number of hydrogen-bond acceptors (Lipinski definition) is 5. The molecule has 1 aromatic heterocycles. The summed E-state index contributed by atoms with van der Waals surface area (Å²) in [7, 11) is 0. The van der Waals surface area contributed by atoms with Gasteiger partial charge in [-0.05, 0) is 39.2 Å². The first-order valence-corrected chi connectivity index (χ1v) is 10.4. The molecule has 7 heteroatoms. The second kappa shape index (κ2) is 10.8. The lowest BCUT2D eigenvalue weighted by Gasteiger charge is -2.19. The first-order chi connectivity index (χ1) is 13.3. The van der Waals surface area contributed by atoms with Crippen LogP contribution in [-0.4, -0.2) is 29.1 Å². The Bertz CT molecular complexity index is 737. The minimum Gasteiger partial charge on any atom is -0.444 e. The van der Waals surface area contributed by atoms with E-state index >= 15 is 0 Å². The Morgan fingerprint density at radius 2 is 1.82 bits per heavy atom. The molecule has 28 heavy (non-hydrogen) atoms. The van der Waals surface area contributed by atoms with Crippen molar-refractivity contribution < 1.29 is 14.3 Å². The Labute approximate surface area is 170 Å². The number of amides is 2. The average Bonchev–Trinajstić information content (AvgIpc) is 3.16. The molecule has 0 spiro atoms. The Balaban J connectivity index is 1.55. The van der Waals surface area contributed by atoms with Crippen LogP contribution in [0.25, 0.3) is 10.6 Å². The van der Waals surface area contributed by atoms with Gasteiger partial charge in [0, 0.05) is 36.7 Å². The van der Waals surface area contributed by atoms with Gasteiger partial charge in [0.05, 0.1) is 0 Å². The summed E-state index contributed by atoms with van der Waals surface area (Å²) in [4.78, 5) is 27.8. The van der Waals surface area contributed by atoms with E-state index in [-0.39, 0.29) is 5.91 Å². The maximum atomic E-state index is 12.0. The first-order valence-electron chi connectivity index (χ1n) is 9.56. The summed E-state index contributed by atoms with van der Waals surface area (Å²) in [6, 6.07) is 8.08. The molecule has 0 saturated carbocycles. The van der Waals surface area contributed by atoms with Gasteiger partial charge in [0.1, 0.15) is 10.6 Å². The van der Waals surface area contributed by atoms with Gasteiger partial charge < -0.3 is 15.4 Å². The number of thiazole rings is 1. The van der Waals surface area contributed by atoms with Gasteiger partial charge in [-0.15, -0.1) is 11.3 Å². The fourth-order valence-electron chi connectivity index (χ4n) is 2.51. The molecule has 2 amide bonds. The van der Waals surface area contributed by atoms with Crippen LogP contribution >= 0.6 is 11.3 Å². The summed E-state index contributed by atoms with van der Waals surface area (Å²) >= 11 is 1.61. The van der Waals surface area contributed by atoms with E-state index in [1.54, 1.807) is 17.5 Å². The van der Waals surface area contributed by atoms with E-state index in [1.165, 1.54) is 0 Å². The number of nitrogens with zero attached hydrogens (tertiary/aromatic N) is 1. The number of carbonyl (C=O) groups excluding carboxylic acids is 2. The number of alkyl carbamates (subject to hydrolysis) is 1. The van der Waals surface area contributed by atoms with Crippen molar-refractivity contribution in [3.63, 3.8) is 0 Å². The summed E-state index contributed by atoms with van der Waals surface area (Å²) in [6.45, 7) is 6.58. The van der Waals surface area contributed by atoms with Gasteiger partial charge in [0.15, 0.2) is 0 Å². The Morgan fingerprint density at radius 3 is 2.46 bits per heavy atom. The van der Waals surface area contributed by atoms with Gasteiger partial charge in [0.25, 0.3) is 0 Å². The van der Waals surface area contributed by atoms with Crippen molar-refractivity contribution in [3.05, 3.63) is 41.4 Å². The minimum atomic E-state index is -0.483. The third-order valence-electron chi connectivity index (χ3n) is 3.87. The van der Waals surface area contributed by atoms with Gasteiger partial charge in [-0.3, -0.25) is 4.79 Å². The van der Waals surface area contributed by atoms with Crippen LogP contribution in [0.4, 0.5) is 4.79 Å². The molecule has 0 atom stereocenters. The smallest absolute Gasteiger partial charge is 0.407 e. The van der Waals surface area contributed by atoms with Crippen LogP contribution in [0.3, 0.4) is 0 Å². The number of carbonyl (C=O) groups is 2. The molecule has 0 fully saturated rings. The normalized spacial score (nSPS) is 11.1. The molecule has 152 valence electrons. The highest BCUT2D eigenvalue weighted by atomic mass is 32.1. The van der Waals surface area contributed by atoms with Crippen molar-refractivity contribution in [2.24, 2.45) is 0 Å². The van der Waals surface area contributed by atoms with Gasteiger partial charge in [-0.25, -0.2) is 9.78 Å². The van der Waals surface area contributed by atoms with E-state index in [2.05, 4.69) is 15.6 Å². The summed E-state index contributed by atoms with van der Waals surface area (Å²) in [5, 5.41) is 8.62. The quantitative estimate of drug-likeness (QED) is 0.604. The molecule has 0 saturated heterocycles. The average molecular weight is 404 g/mol. The van der Waals surface area contributed by atoms with Crippen molar-refractivity contribution in [2.45, 2.75) is 58.6 Å². The van der Waals surface area contributed by atoms with Gasteiger partial charge >= 0.3 is 6.09 Å². The standard InChI is InChI=1S/C21H29N3O3S/c1-21(2,3)27-20(26)23-12-6-4-5-7-18(25)24-15-16-8-10-17(11-9-16)19-22-13-14-28-19/h8-11,13-14H,4-7,12,15H2,1-3H3,(H,23,26)(H,24,25). The molecule has 0 unspecified atom stereocenters. The maximum absolute atomic E-state index is 12.0. The molecular weight excluding hydrogens is 374 g/mol. The molecule has 1 heterocycles. The first kappa shape index (κ1) is 21.9. The molecule has 0 aliphatic carbocycles. The molecule has 0 aliphatic rings. The predicted molar refractivity (Wildman–Crippen MR) is 112 cm³/mol. The van der Waals surface area contributed by atoms with Crippen LogP contribution in [0, 0.1) is 0 Å². The molecule has 0 bridgehead atoms. The number of ether oxygens (including phenoxy) is 1. The molecule has 0 radical (unpaired) electrons. The molecule has 6 nitrogen and oxygen atoms in total. The van der Waals surface area contributed by atoms with E-state index < -0.39 is 11.7 Å². The molecule has 0 aliphatic heterocycles. The minimum absolute atomic E-state index is 0.0455. The topological polar surface area (TPSA) is 80.3 Å². The lowest BCUT2D eigenvalue weighted by molar-refractivity contribution is -0.121. The van der Waals surface area contributed by atoms with E-state index in [0.29, 0.717) is 19.5 Å². The summed E-state index contributed by atoms with van der Waals surface area (Å²) in [6.07, 6.45) is 4.39. The lowest BCUT2D eigenvalue weighted by Crippen LogP contribution is -2.33. The second-order valence-electron chi connectivity index (χ2n) is 7.55. The number of nitrogens with one attached hydrogen (secondary N) is 2. The van der Waals surface area contributed by atoms with E-state index in [1.807, 2.05) is 50.4 Å². The van der Waals surface area contributed by atoms with Crippen LogP contribution < -0.4 is 10.6 Å². The monoisotopic (exact) mass is 403 g/mol. The number of benzene rings is 1.